The summed E-state index contributed by atoms with van der Waals surface area (Å²) in [6.45, 7) is 2.98. The number of ether oxygens (including phenoxy) is 1. The molecule has 1 saturated heterocycles. The minimum absolute atomic E-state index is 0.298. The van der Waals surface area contributed by atoms with E-state index in [0.29, 0.717) is 13.2 Å². The molecule has 1 atom stereocenters. The van der Waals surface area contributed by atoms with E-state index in [1.54, 1.807) is 0 Å². The summed E-state index contributed by atoms with van der Waals surface area (Å²) < 4.78 is 5.29. The van der Waals surface area contributed by atoms with E-state index in [1.807, 2.05) is 24.3 Å². The second kappa shape index (κ2) is 5.31. The Hall–Kier alpha value is -1.08. The lowest BCUT2D eigenvalue weighted by Crippen LogP contribution is -2.41. The zero-order chi connectivity index (χ0) is 11.4. The number of halogens is 1. The summed E-state index contributed by atoms with van der Waals surface area (Å²) in [5.41, 5.74) is 1.17. The fourth-order valence-corrected chi connectivity index (χ4v) is 2.03. The third-order valence-electron chi connectivity index (χ3n) is 2.59. The predicted molar refractivity (Wildman–Crippen MR) is 62.1 cm³/mol. The van der Waals surface area contributed by atoms with Crippen LogP contribution in [0.2, 0.25) is 5.02 Å². The van der Waals surface area contributed by atoms with Gasteiger partial charge in [0.1, 0.15) is 0 Å². The van der Waals surface area contributed by atoms with Crippen LogP contribution in [0.5, 0.6) is 0 Å². The van der Waals surface area contributed by atoms with E-state index in [0.717, 1.165) is 18.1 Å². The maximum atomic E-state index is 8.80. The van der Waals surface area contributed by atoms with Crippen LogP contribution in [0, 0.1) is 11.3 Å². The largest absolute Gasteiger partial charge is 0.361 e. The van der Waals surface area contributed by atoms with Crippen molar-refractivity contribution >= 4 is 11.6 Å². The van der Waals surface area contributed by atoms with Crippen molar-refractivity contribution in [1.82, 2.24) is 4.90 Å². The van der Waals surface area contributed by atoms with Crippen molar-refractivity contribution in [3.8, 4) is 6.07 Å². The summed E-state index contributed by atoms with van der Waals surface area (Å²) in [4.78, 5) is 2.21. The molecule has 16 heavy (non-hydrogen) atoms. The minimum Gasteiger partial charge on any atom is -0.361 e. The van der Waals surface area contributed by atoms with E-state index in [1.165, 1.54) is 5.56 Å². The van der Waals surface area contributed by atoms with E-state index < -0.39 is 0 Å². The monoisotopic (exact) mass is 236 g/mol. The molecule has 0 aromatic heterocycles. The molecular formula is C12H13ClN2O. The second-order valence-electron chi connectivity index (χ2n) is 3.85. The molecule has 1 aliphatic rings. The van der Waals surface area contributed by atoms with Crippen LogP contribution in [-0.2, 0) is 11.3 Å². The third kappa shape index (κ3) is 2.96. The van der Waals surface area contributed by atoms with Crippen molar-refractivity contribution in [3.05, 3.63) is 34.9 Å². The zero-order valence-corrected chi connectivity index (χ0v) is 9.65. The number of hydrogen-bond acceptors (Lipinski definition) is 3. The van der Waals surface area contributed by atoms with Gasteiger partial charge in [-0.1, -0.05) is 23.7 Å². The highest BCUT2D eigenvalue weighted by Gasteiger charge is 2.19. The molecule has 1 aromatic carbocycles. The lowest BCUT2D eigenvalue weighted by Gasteiger charge is -2.29. The smallest absolute Gasteiger partial charge is 0.156 e. The SMILES string of the molecule is N#CC1CN(Cc2cccc(Cl)c2)CCO1. The standard InChI is InChI=1S/C12H13ClN2O/c13-11-3-1-2-10(6-11)8-15-4-5-16-12(7-14)9-15/h1-3,6,12H,4-5,8-9H2. The Labute approximate surface area is 100 Å². The molecule has 1 aromatic rings. The van der Waals surface area contributed by atoms with Crippen molar-refractivity contribution in [2.45, 2.75) is 12.6 Å². The Bertz CT molecular complexity index is 402. The van der Waals surface area contributed by atoms with Gasteiger partial charge in [-0.05, 0) is 17.7 Å². The van der Waals surface area contributed by atoms with Gasteiger partial charge in [0.05, 0.1) is 12.7 Å². The number of nitrogens with zero attached hydrogens (tertiary/aromatic N) is 2. The molecule has 2 rings (SSSR count). The average molecular weight is 237 g/mol. The van der Waals surface area contributed by atoms with E-state index >= 15 is 0 Å². The highest BCUT2D eigenvalue weighted by atomic mass is 35.5. The molecule has 1 fully saturated rings. The minimum atomic E-state index is -0.298. The predicted octanol–water partition coefficient (Wildman–Crippen LogP) is 2.06. The molecule has 1 heterocycles. The summed E-state index contributed by atoms with van der Waals surface area (Å²) in [7, 11) is 0. The molecule has 0 saturated carbocycles. The number of nitriles is 1. The number of rotatable bonds is 2. The van der Waals surface area contributed by atoms with Gasteiger partial charge in [-0.3, -0.25) is 4.90 Å². The molecule has 0 spiro atoms. The summed E-state index contributed by atoms with van der Waals surface area (Å²) in [5, 5.41) is 9.55. The highest BCUT2D eigenvalue weighted by Crippen LogP contribution is 2.14. The molecule has 1 aliphatic heterocycles. The van der Waals surface area contributed by atoms with Crippen LogP contribution in [0.25, 0.3) is 0 Å². The summed E-state index contributed by atoms with van der Waals surface area (Å²) >= 11 is 5.92. The molecule has 0 radical (unpaired) electrons. The molecule has 4 heteroatoms. The molecular weight excluding hydrogens is 224 g/mol. The van der Waals surface area contributed by atoms with Gasteiger partial charge in [-0.2, -0.15) is 5.26 Å². The van der Waals surface area contributed by atoms with Gasteiger partial charge in [0.25, 0.3) is 0 Å². The maximum Gasteiger partial charge on any atom is 0.156 e. The van der Waals surface area contributed by atoms with E-state index in [4.69, 9.17) is 21.6 Å². The van der Waals surface area contributed by atoms with Crippen molar-refractivity contribution in [3.63, 3.8) is 0 Å². The van der Waals surface area contributed by atoms with Gasteiger partial charge in [0.2, 0.25) is 0 Å². The summed E-state index contributed by atoms with van der Waals surface area (Å²) in [5.74, 6) is 0. The normalized spacial score (nSPS) is 21.6. The Morgan fingerprint density at radius 3 is 3.19 bits per heavy atom. The van der Waals surface area contributed by atoms with Crippen LogP contribution in [0.4, 0.5) is 0 Å². The molecule has 0 bridgehead atoms. The molecule has 1 unspecified atom stereocenters. The average Bonchev–Trinajstić information content (AvgIpc) is 2.29. The van der Waals surface area contributed by atoms with Gasteiger partial charge >= 0.3 is 0 Å². The number of morpholine rings is 1. The van der Waals surface area contributed by atoms with Crippen LogP contribution < -0.4 is 0 Å². The Balaban J connectivity index is 1.97. The van der Waals surface area contributed by atoms with Gasteiger partial charge in [0.15, 0.2) is 6.10 Å². The Kier molecular flexibility index (Phi) is 3.79. The molecule has 3 nitrogen and oxygen atoms in total. The number of hydrogen-bond donors (Lipinski definition) is 0. The zero-order valence-electron chi connectivity index (χ0n) is 8.90. The van der Waals surface area contributed by atoms with Crippen LogP contribution in [0.1, 0.15) is 5.56 Å². The van der Waals surface area contributed by atoms with Crippen LogP contribution >= 0.6 is 11.6 Å². The first-order chi connectivity index (χ1) is 7.78. The Morgan fingerprint density at radius 1 is 1.56 bits per heavy atom. The van der Waals surface area contributed by atoms with Crippen molar-refractivity contribution in [1.29, 1.82) is 5.26 Å². The van der Waals surface area contributed by atoms with E-state index in [9.17, 15) is 0 Å². The van der Waals surface area contributed by atoms with Gasteiger partial charge < -0.3 is 4.74 Å². The first-order valence-corrected chi connectivity index (χ1v) is 5.64. The third-order valence-corrected chi connectivity index (χ3v) is 2.82. The topological polar surface area (TPSA) is 36.3 Å². The second-order valence-corrected chi connectivity index (χ2v) is 4.29. The number of benzene rings is 1. The van der Waals surface area contributed by atoms with Crippen LogP contribution in [0.3, 0.4) is 0 Å². The first kappa shape index (κ1) is 11.4. The Morgan fingerprint density at radius 2 is 2.44 bits per heavy atom. The highest BCUT2D eigenvalue weighted by molar-refractivity contribution is 6.30. The van der Waals surface area contributed by atoms with Crippen molar-refractivity contribution in [2.75, 3.05) is 19.7 Å². The summed E-state index contributed by atoms with van der Waals surface area (Å²) in [6, 6.07) is 9.95. The molecule has 0 N–H and O–H groups in total. The lowest BCUT2D eigenvalue weighted by atomic mass is 10.2. The molecule has 0 aliphatic carbocycles. The lowest BCUT2D eigenvalue weighted by molar-refractivity contribution is -0.00269. The van der Waals surface area contributed by atoms with Crippen LogP contribution in [0.15, 0.2) is 24.3 Å². The quantitative estimate of drug-likeness (QED) is 0.789. The van der Waals surface area contributed by atoms with Gasteiger partial charge in [-0.15, -0.1) is 0 Å². The molecule has 84 valence electrons. The van der Waals surface area contributed by atoms with E-state index in [2.05, 4.69) is 11.0 Å². The van der Waals surface area contributed by atoms with Crippen LogP contribution in [-0.4, -0.2) is 30.7 Å². The first-order valence-electron chi connectivity index (χ1n) is 5.26. The summed E-state index contributed by atoms with van der Waals surface area (Å²) in [6.07, 6.45) is -0.298. The van der Waals surface area contributed by atoms with Gasteiger partial charge in [0, 0.05) is 24.7 Å². The van der Waals surface area contributed by atoms with Crippen molar-refractivity contribution in [2.24, 2.45) is 0 Å². The molecule has 0 amide bonds. The van der Waals surface area contributed by atoms with Crippen molar-refractivity contribution < 1.29 is 4.74 Å². The maximum absolute atomic E-state index is 8.80. The fraction of sp³-hybridized carbons (Fsp3) is 0.417. The van der Waals surface area contributed by atoms with Gasteiger partial charge in [-0.25, -0.2) is 0 Å². The fourth-order valence-electron chi connectivity index (χ4n) is 1.82. The van der Waals surface area contributed by atoms with E-state index in [-0.39, 0.29) is 6.10 Å².